The van der Waals surface area contributed by atoms with E-state index in [0.717, 1.165) is 5.56 Å². The van der Waals surface area contributed by atoms with Crippen molar-refractivity contribution in [2.45, 2.75) is 20.3 Å². The number of carbonyl (C=O) groups excluding carboxylic acids is 3. The molecule has 2 unspecified atom stereocenters. The highest BCUT2D eigenvalue weighted by Gasteiger charge is 2.48. The Kier molecular flexibility index (Phi) is 5.09. The predicted octanol–water partition coefficient (Wildman–Crippen LogP) is 4.06. The van der Waals surface area contributed by atoms with E-state index < -0.39 is 0 Å². The van der Waals surface area contributed by atoms with Gasteiger partial charge in [0, 0.05) is 22.0 Å². The van der Waals surface area contributed by atoms with Crippen LogP contribution in [0.25, 0.3) is 0 Å². The zero-order valence-corrected chi connectivity index (χ0v) is 15.3. The smallest absolute Gasteiger partial charge is 0.228 e. The first-order valence-electron chi connectivity index (χ1n) is 8.34. The quantitative estimate of drug-likeness (QED) is 0.779. The van der Waals surface area contributed by atoms with E-state index in [4.69, 9.17) is 11.6 Å². The summed E-state index contributed by atoms with van der Waals surface area (Å²) in [6, 6.07) is 12.0. The molecule has 0 aromatic heterocycles. The number of nitrogens with one attached hydrogen (secondary N) is 2. The first kappa shape index (κ1) is 18.1. The molecule has 1 aliphatic carbocycles. The number of ketones is 1. The maximum absolute atomic E-state index is 12.4. The molecule has 1 fully saturated rings. The monoisotopic (exact) mass is 370 g/mol. The summed E-state index contributed by atoms with van der Waals surface area (Å²) in [6.07, 6.45) is 0.517. The van der Waals surface area contributed by atoms with Gasteiger partial charge in [0.15, 0.2) is 5.78 Å². The number of halogens is 1. The van der Waals surface area contributed by atoms with Crippen LogP contribution in [0.1, 0.15) is 29.3 Å². The van der Waals surface area contributed by atoms with E-state index in [1.807, 2.05) is 6.92 Å². The summed E-state index contributed by atoms with van der Waals surface area (Å²) >= 11 is 6.06. The Morgan fingerprint density at radius 2 is 1.58 bits per heavy atom. The zero-order chi connectivity index (χ0) is 18.8. The molecule has 2 aromatic rings. The summed E-state index contributed by atoms with van der Waals surface area (Å²) in [6.45, 7) is 3.32. The molecule has 2 amide bonds. The maximum Gasteiger partial charge on any atom is 0.228 e. The van der Waals surface area contributed by atoms with Gasteiger partial charge in [-0.15, -0.1) is 0 Å². The van der Waals surface area contributed by atoms with Crippen molar-refractivity contribution >= 4 is 40.6 Å². The second kappa shape index (κ2) is 7.30. The van der Waals surface area contributed by atoms with Gasteiger partial charge < -0.3 is 10.6 Å². The molecule has 0 radical (unpaired) electrons. The Morgan fingerprint density at radius 1 is 0.962 bits per heavy atom. The first-order valence-corrected chi connectivity index (χ1v) is 8.72. The first-order chi connectivity index (χ1) is 12.4. The van der Waals surface area contributed by atoms with Crippen LogP contribution < -0.4 is 10.6 Å². The van der Waals surface area contributed by atoms with E-state index in [9.17, 15) is 14.4 Å². The average Bonchev–Trinajstić information content (AvgIpc) is 3.40. The molecule has 2 atom stereocenters. The van der Waals surface area contributed by atoms with Gasteiger partial charge in [-0.25, -0.2) is 0 Å². The Morgan fingerprint density at radius 3 is 2.19 bits per heavy atom. The third-order valence-corrected chi connectivity index (χ3v) is 4.96. The predicted molar refractivity (Wildman–Crippen MR) is 101 cm³/mol. The van der Waals surface area contributed by atoms with Gasteiger partial charge in [-0.2, -0.15) is 0 Å². The number of benzene rings is 2. The van der Waals surface area contributed by atoms with Crippen LogP contribution in [0.3, 0.4) is 0 Å². The van der Waals surface area contributed by atoms with E-state index in [0.29, 0.717) is 28.4 Å². The molecule has 134 valence electrons. The standard InChI is InChI=1S/C20H19ClN2O3/c1-11-17(21)4-3-5-18(11)23-20(26)16-10-15(16)19(25)22-14-8-6-13(7-9-14)12(2)24/h3-9,15-16H,10H2,1-2H3,(H,22,25)(H,23,26). The molecule has 0 spiro atoms. The van der Waals surface area contributed by atoms with E-state index in [1.165, 1.54) is 6.92 Å². The fourth-order valence-corrected chi connectivity index (χ4v) is 2.94. The Bertz CT molecular complexity index is 877. The van der Waals surface area contributed by atoms with Gasteiger partial charge >= 0.3 is 0 Å². The summed E-state index contributed by atoms with van der Waals surface area (Å²) in [5, 5.41) is 6.21. The number of anilines is 2. The molecule has 0 aliphatic heterocycles. The molecular weight excluding hydrogens is 352 g/mol. The summed E-state index contributed by atoms with van der Waals surface area (Å²) in [5.74, 6) is -1.09. The van der Waals surface area contributed by atoms with Crippen LogP contribution in [-0.2, 0) is 9.59 Å². The maximum atomic E-state index is 12.4. The van der Waals surface area contributed by atoms with Gasteiger partial charge in [-0.1, -0.05) is 17.7 Å². The highest BCUT2D eigenvalue weighted by atomic mass is 35.5. The van der Waals surface area contributed by atoms with Gasteiger partial charge in [-0.05, 0) is 62.2 Å². The van der Waals surface area contributed by atoms with Crippen LogP contribution in [-0.4, -0.2) is 17.6 Å². The number of hydrogen-bond acceptors (Lipinski definition) is 3. The van der Waals surface area contributed by atoms with Crippen molar-refractivity contribution in [2.75, 3.05) is 10.6 Å². The number of hydrogen-bond donors (Lipinski definition) is 2. The molecule has 2 N–H and O–H groups in total. The average molecular weight is 371 g/mol. The van der Waals surface area contributed by atoms with Gasteiger partial charge in [0.25, 0.3) is 0 Å². The highest BCUT2D eigenvalue weighted by Crippen LogP contribution is 2.40. The van der Waals surface area contributed by atoms with Crippen LogP contribution >= 0.6 is 11.6 Å². The zero-order valence-electron chi connectivity index (χ0n) is 14.5. The molecule has 1 aliphatic rings. The van der Waals surface area contributed by atoms with Gasteiger partial charge in [0.1, 0.15) is 0 Å². The van der Waals surface area contributed by atoms with E-state index in [1.54, 1.807) is 42.5 Å². The molecule has 0 saturated heterocycles. The minimum absolute atomic E-state index is 0.0295. The van der Waals surface area contributed by atoms with Crippen molar-refractivity contribution in [1.82, 2.24) is 0 Å². The summed E-state index contributed by atoms with van der Waals surface area (Å²) in [7, 11) is 0. The van der Waals surface area contributed by atoms with Crippen LogP contribution in [0.2, 0.25) is 5.02 Å². The van der Waals surface area contributed by atoms with Crippen molar-refractivity contribution in [3.8, 4) is 0 Å². The van der Waals surface area contributed by atoms with E-state index in [2.05, 4.69) is 10.6 Å². The molecule has 0 bridgehead atoms. The molecule has 3 rings (SSSR count). The Labute approximate surface area is 156 Å². The topological polar surface area (TPSA) is 75.3 Å². The molecular formula is C20H19ClN2O3. The lowest BCUT2D eigenvalue weighted by atomic mass is 10.1. The SMILES string of the molecule is CC(=O)c1ccc(NC(=O)C2CC2C(=O)Nc2cccc(Cl)c2C)cc1. The molecule has 2 aromatic carbocycles. The largest absolute Gasteiger partial charge is 0.326 e. The third-order valence-electron chi connectivity index (χ3n) is 4.55. The number of carbonyl (C=O) groups is 3. The molecule has 0 heterocycles. The second-order valence-electron chi connectivity index (χ2n) is 6.47. The number of Topliss-reactive ketones (excluding diaryl/α,β-unsaturated/α-hetero) is 1. The minimum Gasteiger partial charge on any atom is -0.326 e. The fraction of sp³-hybridized carbons (Fsp3) is 0.250. The number of amides is 2. The van der Waals surface area contributed by atoms with Gasteiger partial charge in [-0.3, -0.25) is 14.4 Å². The normalized spacial score (nSPS) is 18.1. The van der Waals surface area contributed by atoms with Gasteiger partial charge in [0.05, 0.1) is 11.8 Å². The van der Waals surface area contributed by atoms with Crippen LogP contribution in [0.15, 0.2) is 42.5 Å². The van der Waals surface area contributed by atoms with Crippen molar-refractivity contribution in [2.24, 2.45) is 11.8 Å². The summed E-state index contributed by atoms with van der Waals surface area (Å²) in [5.41, 5.74) is 2.66. The second-order valence-corrected chi connectivity index (χ2v) is 6.88. The highest BCUT2D eigenvalue weighted by molar-refractivity contribution is 6.31. The lowest BCUT2D eigenvalue weighted by Gasteiger charge is -2.09. The molecule has 6 heteroatoms. The van der Waals surface area contributed by atoms with E-state index >= 15 is 0 Å². The van der Waals surface area contributed by atoms with Crippen molar-refractivity contribution in [3.63, 3.8) is 0 Å². The fourth-order valence-electron chi connectivity index (χ4n) is 2.77. The number of rotatable bonds is 5. The van der Waals surface area contributed by atoms with Crippen molar-refractivity contribution in [3.05, 3.63) is 58.6 Å². The van der Waals surface area contributed by atoms with E-state index in [-0.39, 0.29) is 29.4 Å². The summed E-state index contributed by atoms with van der Waals surface area (Å²) < 4.78 is 0. The van der Waals surface area contributed by atoms with Crippen molar-refractivity contribution in [1.29, 1.82) is 0 Å². The van der Waals surface area contributed by atoms with Crippen LogP contribution in [0.4, 0.5) is 11.4 Å². The van der Waals surface area contributed by atoms with Gasteiger partial charge in [0.2, 0.25) is 11.8 Å². The lowest BCUT2D eigenvalue weighted by Crippen LogP contribution is -2.21. The summed E-state index contributed by atoms with van der Waals surface area (Å²) in [4.78, 5) is 35.9. The molecule has 26 heavy (non-hydrogen) atoms. The Hall–Kier alpha value is -2.66. The lowest BCUT2D eigenvalue weighted by molar-refractivity contribution is -0.122. The third kappa shape index (κ3) is 3.94. The molecule has 1 saturated carbocycles. The molecule has 5 nitrogen and oxygen atoms in total. The minimum atomic E-state index is -0.345. The van der Waals surface area contributed by atoms with Crippen molar-refractivity contribution < 1.29 is 14.4 Å². The van der Waals surface area contributed by atoms with Crippen LogP contribution in [0.5, 0.6) is 0 Å². The Balaban J connectivity index is 1.57. The van der Waals surface area contributed by atoms with Crippen LogP contribution in [0, 0.1) is 18.8 Å².